The Balaban J connectivity index is 1.29. The van der Waals surface area contributed by atoms with Crippen LogP contribution >= 0.6 is 0 Å². The number of rotatable bonds is 15. The second-order valence-corrected chi connectivity index (χ2v) is 12.8. The van der Waals surface area contributed by atoms with E-state index in [0.717, 1.165) is 51.4 Å². The zero-order chi connectivity index (χ0) is 30.0. The van der Waals surface area contributed by atoms with Crippen molar-refractivity contribution in [3.8, 4) is 17.0 Å². The van der Waals surface area contributed by atoms with E-state index in [1.165, 1.54) is 12.1 Å². The molecule has 0 aliphatic rings. The van der Waals surface area contributed by atoms with Gasteiger partial charge in [-0.1, -0.05) is 71.9 Å². The Morgan fingerprint density at radius 3 is 2.15 bits per heavy atom. The van der Waals surface area contributed by atoms with Gasteiger partial charge < -0.3 is 13.9 Å². The lowest BCUT2D eigenvalue weighted by Crippen LogP contribution is -2.35. The van der Waals surface area contributed by atoms with Gasteiger partial charge in [-0.2, -0.15) is 4.98 Å². The monoisotopic (exact) mass is 567 g/mol. The van der Waals surface area contributed by atoms with Crippen LogP contribution in [0.5, 0.6) is 5.88 Å². The van der Waals surface area contributed by atoms with E-state index in [0.29, 0.717) is 35.6 Å². The van der Waals surface area contributed by atoms with Gasteiger partial charge in [0.25, 0.3) is 0 Å². The molecule has 3 rings (SSSR count). The molecule has 1 aromatic carbocycles. The number of aromatic nitrogens is 1. The van der Waals surface area contributed by atoms with Crippen LogP contribution in [-0.2, 0) is 9.53 Å². The van der Waals surface area contributed by atoms with Crippen molar-refractivity contribution in [3.63, 3.8) is 0 Å². The maximum absolute atomic E-state index is 13.2. The highest BCUT2D eigenvalue weighted by molar-refractivity contribution is 5.79. The minimum Gasteiger partial charge on any atom is -0.478 e. The predicted molar refractivity (Wildman–Crippen MR) is 161 cm³/mol. The molecular formula is C34H46FNO5. The second kappa shape index (κ2) is 14.6. The van der Waals surface area contributed by atoms with Crippen LogP contribution in [0.3, 0.4) is 0 Å². The average molecular weight is 568 g/mol. The highest BCUT2D eigenvalue weighted by Gasteiger charge is 2.37. The van der Waals surface area contributed by atoms with Gasteiger partial charge in [-0.15, -0.1) is 0 Å². The number of halogens is 1. The molecule has 7 heteroatoms. The number of ether oxygens (including phenoxy) is 2. The molecule has 0 radical (unpaired) electrons. The Hall–Kier alpha value is -3.22. The van der Waals surface area contributed by atoms with Crippen molar-refractivity contribution in [2.45, 2.75) is 92.9 Å². The summed E-state index contributed by atoms with van der Waals surface area (Å²) in [5.74, 6) is 0.227. The van der Waals surface area contributed by atoms with E-state index in [1.54, 1.807) is 30.3 Å². The number of pyridine rings is 1. The van der Waals surface area contributed by atoms with Gasteiger partial charge in [-0.3, -0.25) is 4.79 Å². The number of unbranched alkanes of at least 4 members (excludes halogenated alkanes) is 6. The summed E-state index contributed by atoms with van der Waals surface area (Å²) >= 11 is 0. The summed E-state index contributed by atoms with van der Waals surface area (Å²) < 4.78 is 30.0. The number of esters is 1. The fraction of sp³-hybridized carbons (Fsp3) is 0.559. The van der Waals surface area contributed by atoms with Gasteiger partial charge in [0.15, 0.2) is 0 Å². The van der Waals surface area contributed by atoms with Gasteiger partial charge in [0.2, 0.25) is 11.6 Å². The molecule has 0 spiro atoms. The molecule has 0 N–H and O–H groups in total. The van der Waals surface area contributed by atoms with Crippen LogP contribution in [0, 0.1) is 22.6 Å². The summed E-state index contributed by atoms with van der Waals surface area (Å²) in [6.07, 6.45) is 8.27. The van der Waals surface area contributed by atoms with Crippen molar-refractivity contribution in [1.29, 1.82) is 0 Å². The fourth-order valence-electron chi connectivity index (χ4n) is 4.88. The second-order valence-electron chi connectivity index (χ2n) is 12.8. The van der Waals surface area contributed by atoms with Gasteiger partial charge in [-0.05, 0) is 74.3 Å². The van der Waals surface area contributed by atoms with Crippen LogP contribution < -0.4 is 10.4 Å². The SMILES string of the molecule is CC(CC(C)(C)C)C(C)(C)C(=O)OCCCCCCCCCOc1ccc2cc(-c3ccc(F)cc3)c(=O)oc2n1. The molecule has 0 aliphatic heterocycles. The van der Waals surface area contributed by atoms with E-state index < -0.39 is 11.0 Å². The van der Waals surface area contributed by atoms with E-state index in [2.05, 4.69) is 32.7 Å². The van der Waals surface area contributed by atoms with E-state index in [9.17, 15) is 14.0 Å². The lowest BCUT2D eigenvalue weighted by atomic mass is 9.72. The number of hydrogen-bond donors (Lipinski definition) is 0. The number of fused-ring (bicyclic) bond motifs is 1. The summed E-state index contributed by atoms with van der Waals surface area (Å²) in [5.41, 5.74) is 0.355. The van der Waals surface area contributed by atoms with E-state index in [1.807, 2.05) is 13.8 Å². The first-order valence-electron chi connectivity index (χ1n) is 14.9. The zero-order valence-corrected chi connectivity index (χ0v) is 25.6. The normalized spacial score (nSPS) is 12.9. The molecule has 0 aliphatic carbocycles. The summed E-state index contributed by atoms with van der Waals surface area (Å²) in [6.45, 7) is 13.8. The van der Waals surface area contributed by atoms with Crippen molar-refractivity contribution in [1.82, 2.24) is 4.98 Å². The number of carbonyl (C=O) groups is 1. The van der Waals surface area contributed by atoms with Crippen molar-refractivity contribution in [2.75, 3.05) is 13.2 Å². The van der Waals surface area contributed by atoms with E-state index >= 15 is 0 Å². The molecule has 0 fully saturated rings. The molecular weight excluding hydrogens is 521 g/mol. The molecule has 3 aromatic rings. The molecule has 2 aromatic heterocycles. The van der Waals surface area contributed by atoms with Gasteiger partial charge in [-0.25, -0.2) is 9.18 Å². The van der Waals surface area contributed by atoms with Gasteiger partial charge in [0, 0.05) is 11.5 Å². The molecule has 0 amide bonds. The first-order chi connectivity index (χ1) is 19.4. The van der Waals surface area contributed by atoms with E-state index in [4.69, 9.17) is 13.9 Å². The predicted octanol–water partition coefficient (Wildman–Crippen LogP) is 8.75. The molecule has 0 saturated carbocycles. The topological polar surface area (TPSA) is 78.6 Å². The maximum atomic E-state index is 13.2. The van der Waals surface area contributed by atoms with Crippen LogP contribution in [0.2, 0.25) is 0 Å². The number of benzene rings is 1. The van der Waals surface area contributed by atoms with Gasteiger partial charge >= 0.3 is 11.6 Å². The minimum absolute atomic E-state index is 0.0907. The van der Waals surface area contributed by atoms with Crippen molar-refractivity contribution in [3.05, 3.63) is 58.7 Å². The Morgan fingerprint density at radius 2 is 1.51 bits per heavy atom. The van der Waals surface area contributed by atoms with Crippen LogP contribution in [0.25, 0.3) is 22.2 Å². The molecule has 6 nitrogen and oxygen atoms in total. The summed E-state index contributed by atoms with van der Waals surface area (Å²) in [7, 11) is 0. The Morgan fingerprint density at radius 1 is 0.902 bits per heavy atom. The third-order valence-corrected chi connectivity index (χ3v) is 7.68. The summed E-state index contributed by atoms with van der Waals surface area (Å²) in [5, 5.41) is 0.671. The molecule has 1 atom stereocenters. The first kappa shape index (κ1) is 32.3. The Bertz CT molecular complexity index is 1320. The molecule has 224 valence electrons. The summed E-state index contributed by atoms with van der Waals surface area (Å²) in [6, 6.07) is 11.0. The van der Waals surface area contributed by atoms with Crippen molar-refractivity contribution < 1.29 is 23.1 Å². The maximum Gasteiger partial charge on any atom is 0.345 e. The fourth-order valence-corrected chi connectivity index (χ4v) is 4.88. The standard InChI is InChI=1S/C34H46FNO5/c1-24(23-33(2,3)4)34(5,6)32(38)40-21-13-11-9-7-8-10-12-20-39-29-19-16-26-22-28(31(37)41-30(26)36-29)25-14-17-27(35)18-15-25/h14-19,22,24H,7-13,20-21,23H2,1-6H3. The largest absolute Gasteiger partial charge is 0.478 e. The highest BCUT2D eigenvalue weighted by atomic mass is 19.1. The molecule has 0 saturated heterocycles. The van der Waals surface area contributed by atoms with Crippen LogP contribution in [0.4, 0.5) is 4.39 Å². The highest BCUT2D eigenvalue weighted by Crippen LogP contribution is 2.37. The molecule has 0 bridgehead atoms. The number of carbonyl (C=O) groups excluding carboxylic acids is 1. The Labute approximate surface area is 243 Å². The van der Waals surface area contributed by atoms with Gasteiger partial charge in [0.05, 0.1) is 24.2 Å². The molecule has 2 heterocycles. The van der Waals surface area contributed by atoms with Crippen molar-refractivity contribution in [2.24, 2.45) is 16.7 Å². The quantitative estimate of drug-likeness (QED) is 0.135. The van der Waals surface area contributed by atoms with Gasteiger partial charge in [0.1, 0.15) is 5.82 Å². The zero-order valence-electron chi connectivity index (χ0n) is 25.6. The van der Waals surface area contributed by atoms with Crippen LogP contribution in [0.15, 0.2) is 51.7 Å². The third kappa shape index (κ3) is 9.98. The molecule has 41 heavy (non-hydrogen) atoms. The summed E-state index contributed by atoms with van der Waals surface area (Å²) in [4.78, 5) is 29.4. The van der Waals surface area contributed by atoms with Crippen LogP contribution in [0.1, 0.15) is 92.9 Å². The lowest BCUT2D eigenvalue weighted by molar-refractivity contribution is -0.157. The van der Waals surface area contributed by atoms with Crippen molar-refractivity contribution >= 4 is 17.1 Å². The third-order valence-electron chi connectivity index (χ3n) is 7.68. The van der Waals surface area contributed by atoms with E-state index in [-0.39, 0.29) is 28.8 Å². The lowest BCUT2D eigenvalue weighted by Gasteiger charge is -2.34. The Kier molecular flexibility index (Phi) is 11.5. The molecule has 1 unspecified atom stereocenters. The average Bonchev–Trinajstić information content (AvgIpc) is 2.90. The first-order valence-corrected chi connectivity index (χ1v) is 14.9. The minimum atomic E-state index is -0.526. The van der Waals surface area contributed by atoms with Crippen LogP contribution in [-0.4, -0.2) is 24.2 Å². The number of nitrogens with zero attached hydrogens (tertiary/aromatic N) is 1. The number of hydrogen-bond acceptors (Lipinski definition) is 6. The smallest absolute Gasteiger partial charge is 0.345 e.